The molecule has 0 aliphatic rings. The molecular formula is C10H16BrN3O. The van der Waals surface area contributed by atoms with E-state index in [9.17, 15) is 4.79 Å². The van der Waals surface area contributed by atoms with Crippen molar-refractivity contribution in [3.05, 3.63) is 17.5 Å². The first kappa shape index (κ1) is 12.2. The quantitative estimate of drug-likeness (QED) is 0.823. The zero-order valence-corrected chi connectivity index (χ0v) is 10.8. The molecule has 5 heteroatoms. The molecule has 84 valence electrons. The number of halogens is 1. The molecule has 0 bridgehead atoms. The lowest BCUT2D eigenvalue weighted by Gasteiger charge is -2.14. The first-order chi connectivity index (χ1) is 7.02. The van der Waals surface area contributed by atoms with Gasteiger partial charge in [0.05, 0.1) is 11.8 Å². The van der Waals surface area contributed by atoms with Crippen LogP contribution in [-0.4, -0.2) is 27.5 Å². The van der Waals surface area contributed by atoms with Crippen LogP contribution in [0.25, 0.3) is 0 Å². The van der Waals surface area contributed by atoms with E-state index in [0.29, 0.717) is 22.9 Å². The van der Waals surface area contributed by atoms with Crippen LogP contribution >= 0.6 is 15.9 Å². The topological polar surface area (TPSA) is 57.8 Å². The zero-order valence-electron chi connectivity index (χ0n) is 9.17. The van der Waals surface area contributed by atoms with Gasteiger partial charge < -0.3 is 5.32 Å². The second-order valence-electron chi connectivity index (χ2n) is 3.88. The van der Waals surface area contributed by atoms with Gasteiger partial charge in [-0.15, -0.1) is 0 Å². The highest BCUT2D eigenvalue weighted by Gasteiger charge is 2.13. The van der Waals surface area contributed by atoms with Crippen molar-refractivity contribution in [2.75, 3.05) is 6.54 Å². The van der Waals surface area contributed by atoms with E-state index in [1.54, 1.807) is 6.20 Å². The number of alkyl halides is 1. The number of aryl methyl sites for hydroxylation is 1. The maximum atomic E-state index is 11.7. The minimum absolute atomic E-state index is 0.0775. The summed E-state index contributed by atoms with van der Waals surface area (Å²) in [5.41, 5.74) is 1.40. The lowest BCUT2D eigenvalue weighted by atomic mass is 10.1. The highest BCUT2D eigenvalue weighted by atomic mass is 79.9. The number of aromatic nitrogens is 2. The van der Waals surface area contributed by atoms with Crippen LogP contribution in [0.4, 0.5) is 0 Å². The van der Waals surface area contributed by atoms with Gasteiger partial charge in [0.15, 0.2) is 0 Å². The Hall–Kier alpha value is -0.840. The number of aromatic amines is 1. The molecule has 0 fully saturated rings. The number of hydrogen-bond acceptors (Lipinski definition) is 2. The molecule has 0 saturated carbocycles. The molecule has 0 aliphatic carbocycles. The molecule has 1 rings (SSSR count). The van der Waals surface area contributed by atoms with Gasteiger partial charge in [-0.25, -0.2) is 0 Å². The fourth-order valence-corrected chi connectivity index (χ4v) is 1.26. The summed E-state index contributed by atoms with van der Waals surface area (Å²) in [5.74, 6) is 0.419. The number of nitrogens with one attached hydrogen (secondary N) is 2. The van der Waals surface area contributed by atoms with Crippen LogP contribution in [0.15, 0.2) is 6.20 Å². The molecule has 0 radical (unpaired) electrons. The second-order valence-corrected chi connectivity index (χ2v) is 5.05. The van der Waals surface area contributed by atoms with Crippen molar-refractivity contribution in [2.24, 2.45) is 5.92 Å². The van der Waals surface area contributed by atoms with Gasteiger partial charge in [-0.2, -0.15) is 5.10 Å². The standard InChI is InChI=1S/C10H16BrN3O/c1-6(2)9(11)5-12-10(15)8-4-13-14-7(8)3/h4,6,9H,5H2,1-3H3,(H,12,15)(H,13,14). The maximum absolute atomic E-state index is 11.7. The molecule has 0 aromatic carbocycles. The molecule has 1 aromatic rings. The molecule has 0 aliphatic heterocycles. The molecule has 0 spiro atoms. The Morgan fingerprint density at radius 3 is 2.80 bits per heavy atom. The number of carbonyl (C=O) groups is 1. The van der Waals surface area contributed by atoms with Gasteiger partial charge >= 0.3 is 0 Å². The summed E-state index contributed by atoms with van der Waals surface area (Å²) in [4.78, 5) is 12.0. The second kappa shape index (κ2) is 5.30. The van der Waals surface area contributed by atoms with Crippen LogP contribution < -0.4 is 5.32 Å². The normalized spacial score (nSPS) is 12.9. The number of hydrogen-bond donors (Lipinski definition) is 2. The largest absolute Gasteiger partial charge is 0.351 e. The summed E-state index contributed by atoms with van der Waals surface area (Å²) in [6.45, 7) is 6.67. The van der Waals surface area contributed by atoms with Crippen molar-refractivity contribution in [3.63, 3.8) is 0 Å². The summed E-state index contributed by atoms with van der Waals surface area (Å²) in [6.07, 6.45) is 1.54. The van der Waals surface area contributed by atoms with Crippen molar-refractivity contribution in [1.82, 2.24) is 15.5 Å². The van der Waals surface area contributed by atoms with E-state index in [4.69, 9.17) is 0 Å². The molecule has 15 heavy (non-hydrogen) atoms. The van der Waals surface area contributed by atoms with Crippen molar-refractivity contribution >= 4 is 21.8 Å². The molecular weight excluding hydrogens is 258 g/mol. The van der Waals surface area contributed by atoms with Crippen molar-refractivity contribution in [3.8, 4) is 0 Å². The van der Waals surface area contributed by atoms with Crippen LogP contribution in [-0.2, 0) is 0 Å². The Morgan fingerprint density at radius 1 is 1.67 bits per heavy atom. The smallest absolute Gasteiger partial charge is 0.254 e. The summed E-state index contributed by atoms with van der Waals surface area (Å²) in [6, 6.07) is 0. The molecule has 1 atom stereocenters. The first-order valence-corrected chi connectivity index (χ1v) is 5.86. The Kier molecular flexibility index (Phi) is 4.32. The van der Waals surface area contributed by atoms with Gasteiger partial charge in [0.2, 0.25) is 0 Å². The van der Waals surface area contributed by atoms with Gasteiger partial charge in [0.1, 0.15) is 0 Å². The number of H-pyrrole nitrogens is 1. The molecule has 1 unspecified atom stereocenters. The lowest BCUT2D eigenvalue weighted by Crippen LogP contribution is -2.31. The monoisotopic (exact) mass is 273 g/mol. The van der Waals surface area contributed by atoms with Crippen molar-refractivity contribution in [2.45, 2.75) is 25.6 Å². The molecule has 1 heterocycles. The number of nitrogens with zero attached hydrogens (tertiary/aromatic N) is 1. The maximum Gasteiger partial charge on any atom is 0.254 e. The third kappa shape index (κ3) is 3.34. The van der Waals surface area contributed by atoms with E-state index in [0.717, 1.165) is 5.69 Å². The Balaban J connectivity index is 2.47. The van der Waals surface area contributed by atoms with Gasteiger partial charge in [-0.3, -0.25) is 9.89 Å². The van der Waals surface area contributed by atoms with Gasteiger partial charge in [-0.1, -0.05) is 29.8 Å². The summed E-state index contributed by atoms with van der Waals surface area (Å²) < 4.78 is 0. The predicted molar refractivity (Wildman–Crippen MR) is 63.2 cm³/mol. The van der Waals surface area contributed by atoms with Crippen LogP contribution in [0, 0.1) is 12.8 Å². The SMILES string of the molecule is Cc1[nH]ncc1C(=O)NCC(Br)C(C)C. The average molecular weight is 274 g/mol. The van der Waals surface area contributed by atoms with Crippen LogP contribution in [0.1, 0.15) is 29.9 Å². The molecule has 4 nitrogen and oxygen atoms in total. The van der Waals surface area contributed by atoms with Crippen LogP contribution in [0.2, 0.25) is 0 Å². The van der Waals surface area contributed by atoms with E-state index in [-0.39, 0.29) is 5.91 Å². The van der Waals surface area contributed by atoms with Crippen LogP contribution in [0.5, 0.6) is 0 Å². The minimum Gasteiger partial charge on any atom is -0.351 e. The highest BCUT2D eigenvalue weighted by Crippen LogP contribution is 2.10. The minimum atomic E-state index is -0.0775. The van der Waals surface area contributed by atoms with E-state index in [2.05, 4.69) is 45.3 Å². The fraction of sp³-hybridized carbons (Fsp3) is 0.600. The molecule has 1 amide bonds. The first-order valence-electron chi connectivity index (χ1n) is 4.94. The zero-order chi connectivity index (χ0) is 11.4. The van der Waals surface area contributed by atoms with Crippen molar-refractivity contribution < 1.29 is 4.79 Å². The average Bonchev–Trinajstić information content (AvgIpc) is 2.60. The molecule has 0 saturated heterocycles. The van der Waals surface area contributed by atoms with Gasteiger partial charge in [0.25, 0.3) is 5.91 Å². The Bertz CT molecular complexity index is 335. The summed E-state index contributed by atoms with van der Waals surface area (Å²) in [5, 5.41) is 9.41. The van der Waals surface area contributed by atoms with Crippen LogP contribution in [0.3, 0.4) is 0 Å². The van der Waals surface area contributed by atoms with Gasteiger partial charge in [0, 0.05) is 17.1 Å². The number of amides is 1. The summed E-state index contributed by atoms with van der Waals surface area (Å²) >= 11 is 3.51. The molecule has 2 N–H and O–H groups in total. The third-order valence-electron chi connectivity index (χ3n) is 2.26. The van der Waals surface area contributed by atoms with E-state index in [1.165, 1.54) is 0 Å². The Labute approximate surface area is 98.0 Å². The van der Waals surface area contributed by atoms with E-state index in [1.807, 2.05) is 6.92 Å². The lowest BCUT2D eigenvalue weighted by molar-refractivity contribution is 0.0952. The third-order valence-corrected chi connectivity index (χ3v) is 3.64. The van der Waals surface area contributed by atoms with Crippen molar-refractivity contribution in [1.29, 1.82) is 0 Å². The predicted octanol–water partition coefficient (Wildman–Crippen LogP) is 1.87. The summed E-state index contributed by atoms with van der Waals surface area (Å²) in [7, 11) is 0. The number of rotatable bonds is 4. The number of carbonyl (C=O) groups excluding carboxylic acids is 1. The van der Waals surface area contributed by atoms with E-state index < -0.39 is 0 Å². The highest BCUT2D eigenvalue weighted by molar-refractivity contribution is 9.09. The van der Waals surface area contributed by atoms with E-state index >= 15 is 0 Å². The fourth-order valence-electron chi connectivity index (χ4n) is 1.10. The Morgan fingerprint density at radius 2 is 2.33 bits per heavy atom. The molecule has 1 aromatic heterocycles. The van der Waals surface area contributed by atoms with Gasteiger partial charge in [-0.05, 0) is 12.8 Å².